The van der Waals surface area contributed by atoms with Crippen LogP contribution in [-0.2, 0) is 4.79 Å². The molecule has 110 valence electrons. The zero-order valence-corrected chi connectivity index (χ0v) is 13.0. The molecule has 0 spiro atoms. The maximum Gasteiger partial charge on any atom is 0.282 e. The van der Waals surface area contributed by atoms with Crippen LogP contribution in [0.2, 0.25) is 5.02 Å². The summed E-state index contributed by atoms with van der Waals surface area (Å²) in [6, 6.07) is 17.2. The van der Waals surface area contributed by atoms with E-state index in [0.717, 1.165) is 16.3 Å². The molecule has 0 heterocycles. The van der Waals surface area contributed by atoms with Crippen LogP contribution in [0.5, 0.6) is 0 Å². The number of halogens is 1. The second-order valence-corrected chi connectivity index (χ2v) is 5.61. The predicted octanol–water partition coefficient (Wildman–Crippen LogP) is 2.99. The summed E-state index contributed by atoms with van der Waals surface area (Å²) in [6.45, 7) is 3.99. The minimum absolute atomic E-state index is 0.00186. The summed E-state index contributed by atoms with van der Waals surface area (Å²) in [7, 11) is 0. The highest BCUT2D eigenvalue weighted by atomic mass is 35.5. The molecule has 2 aromatic rings. The van der Waals surface area contributed by atoms with Crippen molar-refractivity contribution in [2.45, 2.75) is 25.9 Å². The zero-order chi connectivity index (χ0) is 15.2. The lowest BCUT2D eigenvalue weighted by Crippen LogP contribution is -2.91. The Balaban J connectivity index is 1.92. The first-order valence-corrected chi connectivity index (χ1v) is 7.40. The van der Waals surface area contributed by atoms with Gasteiger partial charge in [-0.3, -0.25) is 4.79 Å². The van der Waals surface area contributed by atoms with Crippen molar-refractivity contribution in [3.63, 3.8) is 0 Å². The molecule has 4 heteroatoms. The minimum atomic E-state index is -0.170. The van der Waals surface area contributed by atoms with Crippen LogP contribution in [0.1, 0.15) is 25.5 Å². The summed E-state index contributed by atoms with van der Waals surface area (Å²) in [5.74, 6) is 0.00186. The number of hydrogen-bond acceptors (Lipinski definition) is 1. The van der Waals surface area contributed by atoms with Crippen molar-refractivity contribution in [2.75, 3.05) is 5.32 Å². The number of rotatable bonds is 5. The Morgan fingerprint density at radius 1 is 1.05 bits per heavy atom. The molecule has 0 aliphatic rings. The summed E-state index contributed by atoms with van der Waals surface area (Å²) >= 11 is 5.89. The molecule has 1 amide bonds. The molecule has 0 saturated heterocycles. The zero-order valence-electron chi connectivity index (χ0n) is 12.2. The lowest BCUT2D eigenvalue weighted by atomic mass is 10.1. The Morgan fingerprint density at radius 3 is 2.29 bits per heavy atom. The topological polar surface area (TPSA) is 45.7 Å². The van der Waals surface area contributed by atoms with Crippen molar-refractivity contribution in [2.24, 2.45) is 0 Å². The van der Waals surface area contributed by atoms with Gasteiger partial charge < -0.3 is 10.6 Å². The van der Waals surface area contributed by atoms with Crippen molar-refractivity contribution in [3.05, 3.63) is 65.2 Å². The molecule has 3 N–H and O–H groups in total. The summed E-state index contributed by atoms with van der Waals surface area (Å²) in [4.78, 5) is 12.2. The molecule has 0 saturated carbocycles. The number of quaternary nitrogens is 1. The van der Waals surface area contributed by atoms with Gasteiger partial charge in [0.05, 0.1) is 0 Å². The fraction of sp³-hybridized carbons (Fsp3) is 0.235. The number of carbonyl (C=O) groups excluding carboxylic acids is 1. The van der Waals surface area contributed by atoms with Gasteiger partial charge in [0.1, 0.15) is 6.04 Å². The number of anilines is 1. The minimum Gasteiger partial charge on any atom is -0.330 e. The van der Waals surface area contributed by atoms with Crippen LogP contribution in [0.25, 0.3) is 0 Å². The number of amides is 1. The second kappa shape index (κ2) is 7.25. The first kappa shape index (κ1) is 15.5. The van der Waals surface area contributed by atoms with Gasteiger partial charge in [0, 0.05) is 16.3 Å². The fourth-order valence-electron chi connectivity index (χ4n) is 2.18. The molecule has 2 aromatic carbocycles. The molecular formula is C17H20ClN2O+. The van der Waals surface area contributed by atoms with Gasteiger partial charge in [0.2, 0.25) is 0 Å². The molecule has 0 radical (unpaired) electrons. The molecule has 0 aliphatic carbocycles. The standard InChI is InChI=1S/C17H19ClN2O/c1-12(14-8-10-15(18)11-9-14)19-13(2)17(21)20-16-6-4-3-5-7-16/h3-13,19H,1-2H3,(H,20,21)/p+1/t12-,13+/m0/s1. The largest absolute Gasteiger partial charge is 0.330 e. The van der Waals surface area contributed by atoms with E-state index in [1.165, 1.54) is 0 Å². The predicted molar refractivity (Wildman–Crippen MR) is 86.3 cm³/mol. The highest BCUT2D eigenvalue weighted by Gasteiger charge is 2.20. The number of benzene rings is 2. The quantitative estimate of drug-likeness (QED) is 0.876. The van der Waals surface area contributed by atoms with Gasteiger partial charge in [-0.25, -0.2) is 0 Å². The van der Waals surface area contributed by atoms with Crippen LogP contribution in [0, 0.1) is 0 Å². The molecule has 0 bridgehead atoms. The smallest absolute Gasteiger partial charge is 0.282 e. The van der Waals surface area contributed by atoms with E-state index in [1.54, 1.807) is 0 Å². The highest BCUT2D eigenvalue weighted by Crippen LogP contribution is 2.13. The van der Waals surface area contributed by atoms with Gasteiger partial charge in [0.25, 0.3) is 5.91 Å². The maximum atomic E-state index is 12.2. The number of nitrogens with one attached hydrogen (secondary N) is 1. The molecule has 0 unspecified atom stereocenters. The van der Waals surface area contributed by atoms with Crippen molar-refractivity contribution in [3.8, 4) is 0 Å². The normalized spacial score (nSPS) is 13.5. The lowest BCUT2D eigenvalue weighted by Gasteiger charge is -2.17. The summed E-state index contributed by atoms with van der Waals surface area (Å²) < 4.78 is 0. The van der Waals surface area contributed by atoms with Gasteiger partial charge in [-0.15, -0.1) is 0 Å². The Hall–Kier alpha value is -1.84. The number of para-hydroxylation sites is 1. The van der Waals surface area contributed by atoms with Crippen LogP contribution in [0.15, 0.2) is 54.6 Å². The van der Waals surface area contributed by atoms with E-state index >= 15 is 0 Å². The highest BCUT2D eigenvalue weighted by molar-refractivity contribution is 6.30. The summed E-state index contributed by atoms with van der Waals surface area (Å²) in [5.41, 5.74) is 1.97. The third kappa shape index (κ3) is 4.59. The average molecular weight is 304 g/mol. The van der Waals surface area contributed by atoms with E-state index in [-0.39, 0.29) is 18.0 Å². The first-order valence-electron chi connectivity index (χ1n) is 7.02. The summed E-state index contributed by atoms with van der Waals surface area (Å²) in [5, 5.41) is 5.68. The van der Waals surface area contributed by atoms with Crippen LogP contribution in [-0.4, -0.2) is 11.9 Å². The Labute approximate surface area is 130 Å². The van der Waals surface area contributed by atoms with Gasteiger partial charge >= 0.3 is 0 Å². The van der Waals surface area contributed by atoms with Crippen LogP contribution < -0.4 is 10.6 Å². The van der Waals surface area contributed by atoms with E-state index in [0.29, 0.717) is 0 Å². The van der Waals surface area contributed by atoms with Gasteiger partial charge in [-0.05, 0) is 38.1 Å². The van der Waals surface area contributed by atoms with Crippen molar-refractivity contribution >= 4 is 23.2 Å². The van der Waals surface area contributed by atoms with E-state index in [2.05, 4.69) is 12.2 Å². The first-order chi connectivity index (χ1) is 10.1. The Morgan fingerprint density at radius 2 is 1.67 bits per heavy atom. The Bertz CT molecular complexity index is 583. The van der Waals surface area contributed by atoms with Crippen LogP contribution in [0.4, 0.5) is 5.69 Å². The van der Waals surface area contributed by atoms with Crippen molar-refractivity contribution in [1.82, 2.24) is 0 Å². The average Bonchev–Trinajstić information content (AvgIpc) is 2.48. The molecule has 2 atom stereocenters. The Kier molecular flexibility index (Phi) is 5.37. The number of nitrogens with two attached hydrogens (primary N) is 1. The third-order valence-corrected chi connectivity index (χ3v) is 3.68. The molecule has 0 aromatic heterocycles. The van der Waals surface area contributed by atoms with E-state index in [9.17, 15) is 4.79 Å². The molecular weight excluding hydrogens is 284 g/mol. The van der Waals surface area contributed by atoms with Gasteiger partial charge in [-0.2, -0.15) is 0 Å². The van der Waals surface area contributed by atoms with Gasteiger partial charge in [0.15, 0.2) is 6.04 Å². The van der Waals surface area contributed by atoms with E-state index < -0.39 is 0 Å². The second-order valence-electron chi connectivity index (χ2n) is 5.18. The third-order valence-electron chi connectivity index (χ3n) is 3.43. The SMILES string of the molecule is C[C@H]([NH2+][C@H](C)C(=O)Nc1ccccc1)c1ccc(Cl)cc1. The van der Waals surface area contributed by atoms with Crippen LogP contribution >= 0.6 is 11.6 Å². The molecule has 3 nitrogen and oxygen atoms in total. The molecule has 2 rings (SSSR count). The molecule has 0 fully saturated rings. The number of hydrogen-bond donors (Lipinski definition) is 2. The number of carbonyl (C=O) groups is 1. The van der Waals surface area contributed by atoms with Crippen molar-refractivity contribution < 1.29 is 10.1 Å². The van der Waals surface area contributed by atoms with Crippen molar-refractivity contribution in [1.29, 1.82) is 0 Å². The molecule has 21 heavy (non-hydrogen) atoms. The van der Waals surface area contributed by atoms with Crippen LogP contribution in [0.3, 0.4) is 0 Å². The maximum absolute atomic E-state index is 12.2. The molecule has 0 aliphatic heterocycles. The summed E-state index contributed by atoms with van der Waals surface area (Å²) in [6.07, 6.45) is 0. The lowest BCUT2D eigenvalue weighted by molar-refractivity contribution is -0.709. The van der Waals surface area contributed by atoms with Gasteiger partial charge in [-0.1, -0.05) is 41.9 Å². The fourth-order valence-corrected chi connectivity index (χ4v) is 2.30. The van der Waals surface area contributed by atoms with E-state index in [1.807, 2.05) is 66.8 Å². The monoisotopic (exact) mass is 303 g/mol. The van der Waals surface area contributed by atoms with E-state index in [4.69, 9.17) is 11.6 Å².